The molecule has 0 saturated heterocycles. The molecule has 0 radical (unpaired) electrons. The van der Waals surface area contributed by atoms with E-state index >= 15 is 0 Å². The molecule has 0 N–H and O–H groups in total. The Morgan fingerprint density at radius 1 is 0.727 bits per heavy atom. The highest BCUT2D eigenvalue weighted by Gasteiger charge is 2.01. The van der Waals surface area contributed by atoms with Gasteiger partial charge >= 0.3 is 0 Å². The molecule has 2 rings (SSSR count). The Labute approximate surface area is 128 Å². The zero-order chi connectivity index (χ0) is 15.8. The molecule has 7 heteroatoms. The van der Waals surface area contributed by atoms with Gasteiger partial charge in [-0.25, -0.2) is 0 Å². The molecule has 0 fully saturated rings. The normalized spacial score (nSPS) is 11.0. The van der Waals surface area contributed by atoms with E-state index in [-0.39, 0.29) is 0 Å². The minimum absolute atomic E-state index is 0.615. The van der Waals surface area contributed by atoms with Gasteiger partial charge in [-0.3, -0.25) is 0 Å². The van der Waals surface area contributed by atoms with Gasteiger partial charge in [0.05, 0.1) is 21.3 Å². The standard InChI is InChI=1S/C15H17N5O2/c1-20(18-16-12-8-4-6-10-14(12)21-2)19-17-13-9-5-7-11-15(13)22-3/h4-11H,1-3H3. The molecule has 2 aromatic rings. The summed E-state index contributed by atoms with van der Waals surface area (Å²) in [5.41, 5.74) is 1.23. The zero-order valence-corrected chi connectivity index (χ0v) is 12.7. The molecule has 0 heterocycles. The molecule has 0 atom stereocenters. The maximum Gasteiger partial charge on any atom is 0.146 e. The summed E-state index contributed by atoms with van der Waals surface area (Å²) in [5.74, 6) is 1.28. The number of nitrogens with zero attached hydrogens (tertiary/aromatic N) is 5. The van der Waals surface area contributed by atoms with E-state index in [1.807, 2.05) is 36.4 Å². The van der Waals surface area contributed by atoms with Crippen LogP contribution in [0.4, 0.5) is 11.4 Å². The van der Waals surface area contributed by atoms with Crippen molar-refractivity contribution in [2.75, 3.05) is 21.3 Å². The van der Waals surface area contributed by atoms with E-state index in [2.05, 4.69) is 20.7 Å². The topological polar surface area (TPSA) is 71.1 Å². The van der Waals surface area contributed by atoms with E-state index in [1.165, 1.54) is 5.12 Å². The van der Waals surface area contributed by atoms with Crippen molar-refractivity contribution in [3.05, 3.63) is 48.5 Å². The summed E-state index contributed by atoms with van der Waals surface area (Å²) in [6.07, 6.45) is 0. The van der Waals surface area contributed by atoms with Gasteiger partial charge in [0.2, 0.25) is 0 Å². The van der Waals surface area contributed by atoms with Crippen LogP contribution < -0.4 is 9.47 Å². The first-order valence-corrected chi connectivity index (χ1v) is 6.57. The van der Waals surface area contributed by atoms with Crippen LogP contribution in [0, 0.1) is 0 Å². The van der Waals surface area contributed by atoms with Crippen molar-refractivity contribution in [2.45, 2.75) is 0 Å². The summed E-state index contributed by atoms with van der Waals surface area (Å²) >= 11 is 0. The molecule has 0 aromatic heterocycles. The number of benzene rings is 2. The van der Waals surface area contributed by atoms with Crippen LogP contribution in [0.1, 0.15) is 0 Å². The Balaban J connectivity index is 2.07. The van der Waals surface area contributed by atoms with Gasteiger partial charge in [0.25, 0.3) is 0 Å². The van der Waals surface area contributed by atoms with Gasteiger partial charge < -0.3 is 9.47 Å². The first kappa shape index (κ1) is 15.4. The predicted molar refractivity (Wildman–Crippen MR) is 82.8 cm³/mol. The number of hydrogen-bond acceptors (Lipinski definition) is 6. The van der Waals surface area contributed by atoms with Gasteiger partial charge in [-0.1, -0.05) is 24.3 Å². The number of ether oxygens (including phenoxy) is 2. The molecule has 114 valence electrons. The molecule has 0 unspecified atom stereocenters. The van der Waals surface area contributed by atoms with E-state index in [0.29, 0.717) is 22.9 Å². The van der Waals surface area contributed by atoms with Crippen LogP contribution in [0.3, 0.4) is 0 Å². The monoisotopic (exact) mass is 299 g/mol. The Bertz CT molecular complexity index is 615. The highest BCUT2D eigenvalue weighted by molar-refractivity contribution is 5.51. The van der Waals surface area contributed by atoms with Gasteiger partial charge in [0.1, 0.15) is 22.9 Å². The average Bonchev–Trinajstić information content (AvgIpc) is 2.58. The molecular weight excluding hydrogens is 282 g/mol. The molecule has 0 spiro atoms. The Morgan fingerprint density at radius 2 is 1.14 bits per heavy atom. The van der Waals surface area contributed by atoms with Crippen LogP contribution in [-0.4, -0.2) is 26.4 Å². The lowest BCUT2D eigenvalue weighted by atomic mass is 10.3. The van der Waals surface area contributed by atoms with Crippen LogP contribution in [0.15, 0.2) is 69.2 Å². The zero-order valence-electron chi connectivity index (χ0n) is 12.7. The Morgan fingerprint density at radius 3 is 1.55 bits per heavy atom. The van der Waals surface area contributed by atoms with Crippen molar-refractivity contribution in [2.24, 2.45) is 20.7 Å². The molecular formula is C15H17N5O2. The van der Waals surface area contributed by atoms with E-state index in [1.54, 1.807) is 33.4 Å². The van der Waals surface area contributed by atoms with Crippen LogP contribution >= 0.6 is 0 Å². The molecule has 7 nitrogen and oxygen atoms in total. The third kappa shape index (κ3) is 4.02. The smallest absolute Gasteiger partial charge is 0.146 e. The third-order valence-electron chi connectivity index (χ3n) is 2.73. The number of rotatable bonds is 6. The molecule has 0 bridgehead atoms. The summed E-state index contributed by atoms with van der Waals surface area (Å²) in [4.78, 5) is 0. The van der Waals surface area contributed by atoms with Crippen molar-refractivity contribution in [1.29, 1.82) is 0 Å². The van der Waals surface area contributed by atoms with E-state index in [9.17, 15) is 0 Å². The lowest BCUT2D eigenvalue weighted by Crippen LogP contribution is -1.98. The van der Waals surface area contributed by atoms with Crippen molar-refractivity contribution < 1.29 is 9.47 Å². The highest BCUT2D eigenvalue weighted by atomic mass is 16.5. The van der Waals surface area contributed by atoms with Gasteiger partial charge in [0.15, 0.2) is 0 Å². The van der Waals surface area contributed by atoms with Gasteiger partial charge in [-0.15, -0.1) is 10.2 Å². The molecule has 22 heavy (non-hydrogen) atoms. The van der Waals surface area contributed by atoms with Gasteiger partial charge in [-0.05, 0) is 34.7 Å². The van der Waals surface area contributed by atoms with Crippen molar-refractivity contribution in [3.8, 4) is 11.5 Å². The molecule has 0 aliphatic heterocycles. The maximum atomic E-state index is 5.19. The second-order valence-electron chi connectivity index (χ2n) is 4.21. The largest absolute Gasteiger partial charge is 0.494 e. The third-order valence-corrected chi connectivity index (χ3v) is 2.73. The predicted octanol–water partition coefficient (Wildman–Crippen LogP) is 4.33. The Hall–Kier alpha value is -2.96. The minimum Gasteiger partial charge on any atom is -0.494 e. The summed E-state index contributed by atoms with van der Waals surface area (Å²) in [7, 11) is 4.80. The van der Waals surface area contributed by atoms with Gasteiger partial charge in [-0.2, -0.15) is 5.12 Å². The van der Waals surface area contributed by atoms with Gasteiger partial charge in [0, 0.05) is 0 Å². The minimum atomic E-state index is 0.615. The van der Waals surface area contributed by atoms with Crippen molar-refractivity contribution in [1.82, 2.24) is 5.12 Å². The van der Waals surface area contributed by atoms with Crippen molar-refractivity contribution in [3.63, 3.8) is 0 Å². The van der Waals surface area contributed by atoms with E-state index in [4.69, 9.17) is 9.47 Å². The first-order valence-electron chi connectivity index (χ1n) is 6.57. The average molecular weight is 299 g/mol. The second-order valence-corrected chi connectivity index (χ2v) is 4.21. The van der Waals surface area contributed by atoms with Crippen LogP contribution in [0.25, 0.3) is 0 Å². The molecule has 2 aromatic carbocycles. The fraction of sp³-hybridized carbons (Fsp3) is 0.200. The lowest BCUT2D eigenvalue weighted by molar-refractivity contribution is 0.327. The number of hydrogen-bond donors (Lipinski definition) is 0. The lowest BCUT2D eigenvalue weighted by Gasteiger charge is -2.05. The Kier molecular flexibility index (Phi) is 5.42. The molecule has 0 aliphatic carbocycles. The number of methoxy groups -OCH3 is 2. The number of para-hydroxylation sites is 2. The van der Waals surface area contributed by atoms with Crippen molar-refractivity contribution >= 4 is 11.4 Å². The quantitative estimate of drug-likeness (QED) is 0.588. The maximum absolute atomic E-state index is 5.19. The van der Waals surface area contributed by atoms with E-state index < -0.39 is 0 Å². The molecule has 0 amide bonds. The summed E-state index contributed by atoms with van der Waals surface area (Å²) in [5, 5.41) is 17.3. The highest BCUT2D eigenvalue weighted by Crippen LogP contribution is 2.28. The fourth-order valence-electron chi connectivity index (χ4n) is 1.67. The first-order chi connectivity index (χ1) is 10.7. The fourth-order valence-corrected chi connectivity index (χ4v) is 1.67. The molecule has 0 saturated carbocycles. The summed E-state index contributed by atoms with van der Waals surface area (Å²) in [6.45, 7) is 0. The second kappa shape index (κ2) is 7.72. The van der Waals surface area contributed by atoms with Crippen LogP contribution in [-0.2, 0) is 0 Å². The molecule has 0 aliphatic rings. The van der Waals surface area contributed by atoms with E-state index in [0.717, 1.165) is 0 Å². The van der Waals surface area contributed by atoms with Crippen LogP contribution in [0.2, 0.25) is 0 Å². The summed E-state index contributed by atoms with van der Waals surface area (Å²) in [6, 6.07) is 14.7. The van der Waals surface area contributed by atoms with Crippen LogP contribution in [0.5, 0.6) is 11.5 Å². The summed E-state index contributed by atoms with van der Waals surface area (Å²) < 4.78 is 10.4. The SMILES string of the molecule is COc1ccccc1N=NN(C)N=Nc1ccccc1OC.